The van der Waals surface area contributed by atoms with Crippen LogP contribution in [0.2, 0.25) is 0 Å². The second-order valence-corrected chi connectivity index (χ2v) is 5.24. The van der Waals surface area contributed by atoms with Crippen LogP contribution in [0.1, 0.15) is 26.5 Å². The minimum absolute atomic E-state index is 0.322. The molecule has 1 atom stereocenters. The molecule has 0 saturated heterocycles. The lowest BCUT2D eigenvalue weighted by Gasteiger charge is -2.16. The zero-order chi connectivity index (χ0) is 15.5. The second kappa shape index (κ2) is 10.2. The SMILES string of the molecule is CCNC(=NCc1ccco1)NCC(O)COCC(C)C. The number of aliphatic hydroxyl groups excluding tert-OH is 1. The van der Waals surface area contributed by atoms with Gasteiger partial charge in [-0.25, -0.2) is 4.99 Å². The lowest BCUT2D eigenvalue weighted by Crippen LogP contribution is -2.42. The van der Waals surface area contributed by atoms with E-state index in [2.05, 4.69) is 29.5 Å². The highest BCUT2D eigenvalue weighted by Crippen LogP contribution is 2.01. The molecule has 1 aromatic heterocycles. The fourth-order valence-corrected chi connectivity index (χ4v) is 1.61. The normalized spacial score (nSPS) is 13.5. The molecular formula is C15H27N3O3. The first-order chi connectivity index (χ1) is 10.1. The number of ether oxygens (including phenoxy) is 1. The Morgan fingerprint density at radius 3 is 2.81 bits per heavy atom. The number of aliphatic imine (C=N–C) groups is 1. The highest BCUT2D eigenvalue weighted by Gasteiger charge is 2.06. The average molecular weight is 297 g/mol. The monoisotopic (exact) mass is 297 g/mol. The molecule has 21 heavy (non-hydrogen) atoms. The van der Waals surface area contributed by atoms with Crippen LogP contribution in [0.25, 0.3) is 0 Å². The molecule has 0 aliphatic rings. The van der Waals surface area contributed by atoms with Gasteiger partial charge in [0.15, 0.2) is 5.96 Å². The van der Waals surface area contributed by atoms with E-state index in [0.29, 0.717) is 38.2 Å². The van der Waals surface area contributed by atoms with E-state index in [1.165, 1.54) is 0 Å². The quantitative estimate of drug-likeness (QED) is 0.474. The van der Waals surface area contributed by atoms with Gasteiger partial charge in [-0.1, -0.05) is 13.8 Å². The molecule has 1 heterocycles. The maximum atomic E-state index is 9.84. The van der Waals surface area contributed by atoms with Gasteiger partial charge in [0, 0.05) is 19.7 Å². The first-order valence-electron chi connectivity index (χ1n) is 7.42. The minimum Gasteiger partial charge on any atom is -0.467 e. The number of aliphatic hydroxyl groups is 1. The number of rotatable bonds is 9. The van der Waals surface area contributed by atoms with Crippen LogP contribution in [-0.2, 0) is 11.3 Å². The highest BCUT2D eigenvalue weighted by molar-refractivity contribution is 5.79. The molecule has 0 aliphatic carbocycles. The van der Waals surface area contributed by atoms with E-state index in [4.69, 9.17) is 9.15 Å². The minimum atomic E-state index is -0.559. The summed E-state index contributed by atoms with van der Waals surface area (Å²) in [6.45, 7) is 8.73. The predicted molar refractivity (Wildman–Crippen MR) is 83.2 cm³/mol. The van der Waals surface area contributed by atoms with E-state index in [1.807, 2.05) is 19.1 Å². The molecule has 1 unspecified atom stereocenters. The van der Waals surface area contributed by atoms with E-state index in [1.54, 1.807) is 6.26 Å². The van der Waals surface area contributed by atoms with Crippen LogP contribution in [0.5, 0.6) is 0 Å². The summed E-state index contributed by atoms with van der Waals surface area (Å²) in [7, 11) is 0. The molecule has 0 saturated carbocycles. The molecule has 0 spiro atoms. The van der Waals surface area contributed by atoms with Gasteiger partial charge in [-0.3, -0.25) is 0 Å². The van der Waals surface area contributed by atoms with Crippen LogP contribution in [0, 0.1) is 5.92 Å². The number of nitrogens with one attached hydrogen (secondary N) is 2. The summed E-state index contributed by atoms with van der Waals surface area (Å²) in [5.41, 5.74) is 0. The van der Waals surface area contributed by atoms with Crippen molar-refractivity contribution in [1.29, 1.82) is 0 Å². The largest absolute Gasteiger partial charge is 0.467 e. The zero-order valence-corrected chi connectivity index (χ0v) is 13.1. The maximum Gasteiger partial charge on any atom is 0.191 e. The first kappa shape index (κ1) is 17.5. The van der Waals surface area contributed by atoms with Crippen molar-refractivity contribution in [3.05, 3.63) is 24.2 Å². The topological polar surface area (TPSA) is 79.0 Å². The number of guanidine groups is 1. The van der Waals surface area contributed by atoms with Crippen molar-refractivity contribution in [2.75, 3.05) is 26.3 Å². The van der Waals surface area contributed by atoms with Crippen LogP contribution in [0.3, 0.4) is 0 Å². The smallest absolute Gasteiger partial charge is 0.191 e. The summed E-state index contributed by atoms with van der Waals surface area (Å²) in [5, 5.41) is 16.1. The molecule has 1 rings (SSSR count). The Kier molecular flexibility index (Phi) is 8.54. The Hall–Kier alpha value is -1.53. The lowest BCUT2D eigenvalue weighted by atomic mass is 10.2. The summed E-state index contributed by atoms with van der Waals surface area (Å²) in [4.78, 5) is 4.39. The average Bonchev–Trinajstić information content (AvgIpc) is 2.94. The van der Waals surface area contributed by atoms with Crippen molar-refractivity contribution in [2.24, 2.45) is 10.9 Å². The molecule has 0 fully saturated rings. The third-order valence-corrected chi connectivity index (χ3v) is 2.58. The summed E-state index contributed by atoms with van der Waals surface area (Å²) in [6, 6.07) is 3.71. The number of nitrogens with zero attached hydrogens (tertiary/aromatic N) is 1. The molecule has 1 aromatic rings. The third kappa shape index (κ3) is 8.37. The van der Waals surface area contributed by atoms with Crippen molar-refractivity contribution < 1.29 is 14.3 Å². The highest BCUT2D eigenvalue weighted by atomic mass is 16.5. The maximum absolute atomic E-state index is 9.84. The van der Waals surface area contributed by atoms with Gasteiger partial charge >= 0.3 is 0 Å². The fraction of sp³-hybridized carbons (Fsp3) is 0.667. The van der Waals surface area contributed by atoms with Gasteiger partial charge in [-0.15, -0.1) is 0 Å². The summed E-state index contributed by atoms with van der Waals surface area (Å²) in [5.74, 6) is 1.92. The molecule has 0 amide bonds. The Labute approximate surface area is 126 Å². The zero-order valence-electron chi connectivity index (χ0n) is 13.1. The second-order valence-electron chi connectivity index (χ2n) is 5.24. The molecule has 6 nitrogen and oxygen atoms in total. The van der Waals surface area contributed by atoms with E-state index in [0.717, 1.165) is 12.3 Å². The van der Waals surface area contributed by atoms with Gasteiger partial charge in [0.1, 0.15) is 12.3 Å². The van der Waals surface area contributed by atoms with Crippen molar-refractivity contribution in [2.45, 2.75) is 33.4 Å². The van der Waals surface area contributed by atoms with Gasteiger partial charge < -0.3 is 24.9 Å². The van der Waals surface area contributed by atoms with Crippen LogP contribution in [-0.4, -0.2) is 43.5 Å². The number of hydrogen-bond acceptors (Lipinski definition) is 4. The van der Waals surface area contributed by atoms with Crippen LogP contribution < -0.4 is 10.6 Å². The Morgan fingerprint density at radius 2 is 2.19 bits per heavy atom. The molecule has 6 heteroatoms. The van der Waals surface area contributed by atoms with Gasteiger partial charge in [0.2, 0.25) is 0 Å². The fourth-order valence-electron chi connectivity index (χ4n) is 1.61. The van der Waals surface area contributed by atoms with Gasteiger partial charge in [-0.05, 0) is 25.0 Å². The van der Waals surface area contributed by atoms with Crippen molar-refractivity contribution in [3.63, 3.8) is 0 Å². The lowest BCUT2D eigenvalue weighted by molar-refractivity contribution is 0.0280. The Balaban J connectivity index is 2.31. The number of hydrogen-bond donors (Lipinski definition) is 3. The van der Waals surface area contributed by atoms with E-state index in [9.17, 15) is 5.11 Å². The van der Waals surface area contributed by atoms with Gasteiger partial charge in [0.05, 0.1) is 19.0 Å². The molecule has 0 radical (unpaired) electrons. The Bertz CT molecular complexity index is 391. The molecular weight excluding hydrogens is 270 g/mol. The first-order valence-corrected chi connectivity index (χ1v) is 7.42. The van der Waals surface area contributed by atoms with Gasteiger partial charge in [0.25, 0.3) is 0 Å². The van der Waals surface area contributed by atoms with E-state index >= 15 is 0 Å². The molecule has 120 valence electrons. The van der Waals surface area contributed by atoms with Crippen LogP contribution in [0.4, 0.5) is 0 Å². The summed E-state index contributed by atoms with van der Waals surface area (Å²) >= 11 is 0. The van der Waals surface area contributed by atoms with Crippen molar-refractivity contribution in [1.82, 2.24) is 10.6 Å². The summed E-state index contributed by atoms with van der Waals surface area (Å²) in [6.07, 6.45) is 1.07. The predicted octanol–water partition coefficient (Wildman–Crippen LogP) is 1.37. The standard InChI is InChI=1S/C15H27N3O3/c1-4-16-15(18-9-14-6-5-7-21-14)17-8-13(19)11-20-10-12(2)3/h5-7,12-13,19H,4,8-11H2,1-3H3,(H2,16,17,18). The third-order valence-electron chi connectivity index (χ3n) is 2.58. The Morgan fingerprint density at radius 1 is 1.38 bits per heavy atom. The van der Waals surface area contributed by atoms with Crippen molar-refractivity contribution >= 4 is 5.96 Å². The molecule has 0 aromatic carbocycles. The molecule has 3 N–H and O–H groups in total. The number of furan rings is 1. The molecule has 0 bridgehead atoms. The van der Waals surface area contributed by atoms with Crippen LogP contribution >= 0.6 is 0 Å². The molecule has 0 aliphatic heterocycles. The van der Waals surface area contributed by atoms with Gasteiger partial charge in [-0.2, -0.15) is 0 Å². The summed E-state index contributed by atoms with van der Waals surface area (Å²) < 4.78 is 10.6. The van der Waals surface area contributed by atoms with E-state index in [-0.39, 0.29) is 0 Å². The van der Waals surface area contributed by atoms with Crippen molar-refractivity contribution in [3.8, 4) is 0 Å². The van der Waals surface area contributed by atoms with Crippen LogP contribution in [0.15, 0.2) is 27.8 Å². The van der Waals surface area contributed by atoms with E-state index < -0.39 is 6.10 Å².